The van der Waals surface area contributed by atoms with E-state index >= 15 is 0 Å². The van der Waals surface area contributed by atoms with Gasteiger partial charge in [0.2, 0.25) is 0 Å². The highest BCUT2D eigenvalue weighted by Crippen LogP contribution is 2.73. The minimum atomic E-state index is -2.42. The molecule has 2 heterocycles. The Morgan fingerprint density at radius 3 is 2.38 bits per heavy atom. The highest BCUT2D eigenvalue weighted by Gasteiger charge is 2.57. The molecule has 3 aromatic carbocycles. The normalized spacial score (nSPS) is 19.9. The van der Waals surface area contributed by atoms with Crippen molar-refractivity contribution in [1.29, 1.82) is 0 Å². The Balaban J connectivity index is 1.21. The van der Waals surface area contributed by atoms with Crippen molar-refractivity contribution >= 4 is 34.3 Å². The van der Waals surface area contributed by atoms with Crippen LogP contribution in [0.15, 0.2) is 78.9 Å². The van der Waals surface area contributed by atoms with Crippen LogP contribution in [0.1, 0.15) is 43.2 Å². The van der Waals surface area contributed by atoms with Gasteiger partial charge in [-0.15, -0.1) is 17.7 Å². The molecule has 42 heavy (non-hydrogen) atoms. The third-order valence-electron chi connectivity index (χ3n) is 7.60. The van der Waals surface area contributed by atoms with Crippen LogP contribution in [-0.4, -0.2) is 45.7 Å². The maximum atomic E-state index is 12.3. The van der Waals surface area contributed by atoms with Crippen LogP contribution in [0.2, 0.25) is 0 Å². The molecular formula is C34H37NO5S2. The van der Waals surface area contributed by atoms with Gasteiger partial charge in [-0.2, -0.15) is 0 Å². The first-order valence-corrected chi connectivity index (χ1v) is 17.1. The lowest BCUT2D eigenvalue weighted by Crippen LogP contribution is -2.40. The lowest BCUT2D eigenvalue weighted by Gasteiger charge is -2.54. The van der Waals surface area contributed by atoms with E-state index in [4.69, 9.17) is 8.37 Å². The first-order valence-electron chi connectivity index (χ1n) is 14.5. The molecule has 0 radical (unpaired) electrons. The molecule has 2 aliphatic rings. The number of aryl methyl sites for hydroxylation is 1. The van der Waals surface area contributed by atoms with Crippen LogP contribution in [0.3, 0.4) is 0 Å². The summed E-state index contributed by atoms with van der Waals surface area (Å²) in [5, 5.41) is 13.7. The summed E-state index contributed by atoms with van der Waals surface area (Å²) in [7, 11) is -2.42. The van der Waals surface area contributed by atoms with E-state index in [1.165, 1.54) is 5.56 Å². The van der Waals surface area contributed by atoms with Crippen molar-refractivity contribution in [3.05, 3.63) is 90.0 Å². The van der Waals surface area contributed by atoms with E-state index < -0.39 is 26.6 Å². The van der Waals surface area contributed by atoms with Crippen LogP contribution in [0.25, 0.3) is 11.1 Å². The fourth-order valence-electron chi connectivity index (χ4n) is 5.43. The Hall–Kier alpha value is -3.38. The zero-order chi connectivity index (χ0) is 29.3. The fraction of sp³-hybridized carbons (Fsp3) is 0.353. The van der Waals surface area contributed by atoms with Crippen LogP contribution in [0.4, 0.5) is 0 Å². The third-order valence-corrected chi connectivity index (χ3v) is 13.2. The Morgan fingerprint density at radius 1 is 0.881 bits per heavy atom. The van der Waals surface area contributed by atoms with Gasteiger partial charge >= 0.3 is 11.9 Å². The Bertz CT molecular complexity index is 1420. The zero-order valence-electron chi connectivity index (χ0n) is 23.7. The fourth-order valence-corrected chi connectivity index (χ4v) is 11.0. The van der Waals surface area contributed by atoms with E-state index in [1.54, 1.807) is 23.9 Å². The smallest absolute Gasteiger partial charge is 0.441 e. The molecule has 0 aromatic heterocycles. The number of phenolic OH excluding ortho intramolecular Hbond substituents is 1. The first kappa shape index (κ1) is 30.1. The van der Waals surface area contributed by atoms with Crippen molar-refractivity contribution in [2.45, 2.75) is 49.0 Å². The largest absolute Gasteiger partial charge is 0.507 e. The molecule has 0 amide bonds. The minimum Gasteiger partial charge on any atom is -0.507 e. The van der Waals surface area contributed by atoms with Crippen LogP contribution < -0.4 is 5.32 Å². The summed E-state index contributed by atoms with van der Waals surface area (Å²) in [5.74, 6) is 6.48. The minimum absolute atomic E-state index is 0.234. The summed E-state index contributed by atoms with van der Waals surface area (Å²) in [6, 6.07) is 25.9. The summed E-state index contributed by atoms with van der Waals surface area (Å²) in [6.07, 6.45) is 6.01. The van der Waals surface area contributed by atoms with Crippen molar-refractivity contribution < 1.29 is 23.1 Å². The second-order valence-corrected chi connectivity index (χ2v) is 15.0. The SMILES string of the molecule is O=C1OS2(CCCSC2(CCC#CCNCCCCc2ccccc2)Cc2ccc(-c3ccccc3O)cc2)OC1=O. The second-order valence-electron chi connectivity index (χ2n) is 10.5. The van der Waals surface area contributed by atoms with E-state index in [1.807, 2.05) is 42.5 Å². The highest BCUT2D eigenvalue weighted by molar-refractivity contribution is 8.36. The molecule has 0 aliphatic carbocycles. The topological polar surface area (TPSA) is 84.9 Å². The monoisotopic (exact) mass is 603 g/mol. The molecule has 2 fully saturated rings. The Labute approximate surface area is 254 Å². The van der Waals surface area contributed by atoms with Gasteiger partial charge in [0, 0.05) is 18.4 Å². The number of carbonyl (C=O) groups is 2. The third kappa shape index (κ3) is 7.15. The number of unbranched alkanes of at least 4 members (excludes halogenated alkanes) is 1. The predicted molar refractivity (Wildman–Crippen MR) is 171 cm³/mol. The number of para-hydroxylation sites is 1. The van der Waals surface area contributed by atoms with E-state index in [2.05, 4.69) is 41.4 Å². The summed E-state index contributed by atoms with van der Waals surface area (Å²) < 4.78 is 11.1. The number of hydrogen-bond acceptors (Lipinski definition) is 7. The van der Waals surface area contributed by atoms with Gasteiger partial charge in [0.15, 0.2) is 0 Å². The molecule has 8 heteroatoms. The number of benzene rings is 3. The number of nitrogens with one attached hydrogen (secondary N) is 1. The van der Waals surface area contributed by atoms with Crippen LogP contribution in [0.5, 0.6) is 5.75 Å². The Kier molecular flexibility index (Phi) is 10.2. The van der Waals surface area contributed by atoms with Crippen LogP contribution >= 0.6 is 22.4 Å². The van der Waals surface area contributed by atoms with Gasteiger partial charge in [-0.1, -0.05) is 89.3 Å². The van der Waals surface area contributed by atoms with Crippen LogP contribution in [0, 0.1) is 11.8 Å². The molecule has 2 N–H and O–H groups in total. The molecule has 5 rings (SSSR count). The lowest BCUT2D eigenvalue weighted by atomic mass is 10.00. The molecular weight excluding hydrogens is 567 g/mol. The average molecular weight is 604 g/mol. The lowest BCUT2D eigenvalue weighted by molar-refractivity contribution is -0.150. The molecule has 2 saturated heterocycles. The zero-order valence-corrected chi connectivity index (χ0v) is 25.3. The maximum absolute atomic E-state index is 12.3. The first-order chi connectivity index (χ1) is 20.5. The summed E-state index contributed by atoms with van der Waals surface area (Å²) >= 11 is 1.74. The molecule has 1 atom stereocenters. The van der Waals surface area contributed by atoms with Gasteiger partial charge in [0.25, 0.3) is 0 Å². The number of aromatic hydroxyl groups is 1. The summed E-state index contributed by atoms with van der Waals surface area (Å²) in [6.45, 7) is 1.55. The van der Waals surface area contributed by atoms with Gasteiger partial charge in [0.1, 0.15) is 9.83 Å². The highest BCUT2D eigenvalue weighted by atomic mass is 32.3. The molecule has 1 unspecified atom stereocenters. The molecule has 6 nitrogen and oxygen atoms in total. The second kappa shape index (κ2) is 14.2. The van der Waals surface area contributed by atoms with Gasteiger partial charge in [0.05, 0.1) is 12.3 Å². The van der Waals surface area contributed by atoms with E-state index in [0.717, 1.165) is 54.7 Å². The van der Waals surface area contributed by atoms with Crippen molar-refractivity contribution in [1.82, 2.24) is 5.32 Å². The van der Waals surface area contributed by atoms with E-state index in [0.29, 0.717) is 31.6 Å². The van der Waals surface area contributed by atoms with Crippen molar-refractivity contribution in [2.75, 3.05) is 24.6 Å². The molecule has 220 valence electrons. The van der Waals surface area contributed by atoms with Gasteiger partial charge < -0.3 is 18.8 Å². The van der Waals surface area contributed by atoms with Crippen LogP contribution in [-0.2, 0) is 30.8 Å². The quantitative estimate of drug-likeness (QED) is 0.146. The number of phenols is 1. The van der Waals surface area contributed by atoms with Crippen molar-refractivity contribution in [2.24, 2.45) is 0 Å². The van der Waals surface area contributed by atoms with Crippen molar-refractivity contribution in [3.63, 3.8) is 0 Å². The number of rotatable bonds is 11. The Morgan fingerprint density at radius 2 is 1.62 bits per heavy atom. The molecule has 0 bridgehead atoms. The summed E-state index contributed by atoms with van der Waals surface area (Å²) in [5.41, 5.74) is 4.12. The maximum Gasteiger partial charge on any atom is 0.441 e. The predicted octanol–water partition coefficient (Wildman–Crippen LogP) is 6.57. The molecule has 0 saturated carbocycles. The van der Waals surface area contributed by atoms with E-state index in [9.17, 15) is 14.7 Å². The molecule has 1 spiro atoms. The molecule has 2 aliphatic heterocycles. The van der Waals surface area contributed by atoms with E-state index in [-0.39, 0.29) is 5.75 Å². The number of carbonyl (C=O) groups excluding carboxylic acids is 2. The van der Waals surface area contributed by atoms with Crippen molar-refractivity contribution in [3.8, 4) is 28.7 Å². The number of hydrogen-bond donors (Lipinski definition) is 2. The summed E-state index contributed by atoms with van der Waals surface area (Å²) in [4.78, 5) is 24.6. The van der Waals surface area contributed by atoms with Gasteiger partial charge in [-0.25, -0.2) is 9.59 Å². The van der Waals surface area contributed by atoms with Gasteiger partial charge in [-0.05, 0) is 67.2 Å². The van der Waals surface area contributed by atoms with Gasteiger partial charge in [-0.3, -0.25) is 0 Å². The number of thioether (sulfide) groups is 1. The molecule has 3 aromatic rings. The standard InChI is InChI=1S/C34H37NO5S2/c36-31-16-6-5-15-30(31)29-19-17-28(18-20-29)26-34(41-24-11-25-42(34)39-32(37)33(38)40-42)21-8-2-9-22-35-23-10-7-14-27-12-3-1-4-13-27/h1,3-6,12-13,15-20,35-36H,7-8,10-11,14,21-26H2. The average Bonchev–Trinajstić information content (AvgIpc) is 3.30.